The number of halogens is 1. The summed E-state index contributed by atoms with van der Waals surface area (Å²) in [5.41, 5.74) is 1.35. The van der Waals surface area contributed by atoms with Gasteiger partial charge in [0.15, 0.2) is 0 Å². The van der Waals surface area contributed by atoms with Gasteiger partial charge >= 0.3 is 5.97 Å². The van der Waals surface area contributed by atoms with Crippen molar-refractivity contribution < 1.29 is 19.0 Å². The molecule has 108 valence electrons. The van der Waals surface area contributed by atoms with E-state index in [1.54, 1.807) is 0 Å². The number of nitrogens with one attached hydrogen (secondary N) is 1. The first kappa shape index (κ1) is 13.4. The van der Waals surface area contributed by atoms with Crippen molar-refractivity contribution in [2.24, 2.45) is 0 Å². The average Bonchev–Trinajstić information content (AvgIpc) is 2.88. The van der Waals surface area contributed by atoms with E-state index in [-0.39, 0.29) is 17.4 Å². The lowest BCUT2D eigenvalue weighted by Gasteiger charge is -2.13. The van der Waals surface area contributed by atoms with Crippen LogP contribution in [0.1, 0.15) is 15.9 Å². The Morgan fingerprint density at radius 2 is 2.14 bits per heavy atom. The maximum Gasteiger partial charge on any atom is 0.335 e. The first-order valence-electron chi connectivity index (χ1n) is 6.65. The Kier molecular flexibility index (Phi) is 3.48. The maximum atomic E-state index is 13.8. The highest BCUT2D eigenvalue weighted by Crippen LogP contribution is 2.28. The van der Waals surface area contributed by atoms with E-state index in [9.17, 15) is 9.18 Å². The number of carboxylic acids is 1. The van der Waals surface area contributed by atoms with Gasteiger partial charge in [-0.25, -0.2) is 9.18 Å². The molecule has 0 saturated carbocycles. The average molecular weight is 287 g/mol. The van der Waals surface area contributed by atoms with Crippen LogP contribution in [0.5, 0.6) is 5.75 Å². The summed E-state index contributed by atoms with van der Waals surface area (Å²) in [5, 5.41) is 11.8. The standard InChI is InChI=1S/C16H14FNO3/c17-13-8-11(16(19)20)5-6-14(13)18-9-12-7-10-3-1-2-4-15(10)21-12/h1-6,8,12,18H,7,9H2,(H,19,20). The molecule has 0 spiro atoms. The highest BCUT2D eigenvalue weighted by atomic mass is 19.1. The van der Waals surface area contributed by atoms with Crippen LogP contribution in [-0.2, 0) is 6.42 Å². The fraction of sp³-hybridized carbons (Fsp3) is 0.188. The maximum absolute atomic E-state index is 13.8. The molecule has 1 aliphatic heterocycles. The Bertz CT molecular complexity index is 662. The Labute approximate surface area is 121 Å². The van der Waals surface area contributed by atoms with Gasteiger partial charge in [0.25, 0.3) is 0 Å². The first-order valence-corrected chi connectivity index (χ1v) is 6.65. The van der Waals surface area contributed by atoms with E-state index < -0.39 is 11.8 Å². The summed E-state index contributed by atoms with van der Waals surface area (Å²) < 4.78 is 19.5. The molecule has 4 nitrogen and oxygen atoms in total. The van der Waals surface area contributed by atoms with Crippen molar-refractivity contribution in [3.63, 3.8) is 0 Å². The molecule has 0 aromatic heterocycles. The van der Waals surface area contributed by atoms with Crippen molar-refractivity contribution in [1.82, 2.24) is 0 Å². The predicted octanol–water partition coefficient (Wildman–Crippen LogP) is 2.94. The second-order valence-corrected chi connectivity index (χ2v) is 4.93. The normalized spacial score (nSPS) is 16.1. The quantitative estimate of drug-likeness (QED) is 0.907. The van der Waals surface area contributed by atoms with Gasteiger partial charge in [-0.1, -0.05) is 18.2 Å². The third-order valence-corrected chi connectivity index (χ3v) is 3.45. The fourth-order valence-electron chi connectivity index (χ4n) is 2.38. The number of aromatic carboxylic acids is 1. The summed E-state index contributed by atoms with van der Waals surface area (Å²) in [5.74, 6) is -0.855. The number of ether oxygens (including phenoxy) is 1. The fourth-order valence-corrected chi connectivity index (χ4v) is 2.38. The summed E-state index contributed by atoms with van der Waals surface area (Å²) in [7, 11) is 0. The van der Waals surface area contributed by atoms with Gasteiger partial charge < -0.3 is 15.2 Å². The van der Waals surface area contributed by atoms with Gasteiger partial charge in [0.2, 0.25) is 0 Å². The lowest BCUT2D eigenvalue weighted by atomic mass is 10.1. The van der Waals surface area contributed by atoms with Gasteiger partial charge in [-0.05, 0) is 29.8 Å². The summed E-state index contributed by atoms with van der Waals surface area (Å²) >= 11 is 0. The van der Waals surface area contributed by atoms with Crippen molar-refractivity contribution in [2.75, 3.05) is 11.9 Å². The summed E-state index contributed by atoms with van der Waals surface area (Å²) in [6, 6.07) is 11.6. The molecule has 0 aliphatic carbocycles. The molecule has 0 radical (unpaired) electrons. The van der Waals surface area contributed by atoms with Gasteiger partial charge in [0, 0.05) is 6.42 Å². The van der Waals surface area contributed by atoms with E-state index in [1.165, 1.54) is 12.1 Å². The molecule has 0 bridgehead atoms. The zero-order chi connectivity index (χ0) is 14.8. The molecule has 1 aliphatic rings. The molecule has 0 amide bonds. The second-order valence-electron chi connectivity index (χ2n) is 4.93. The smallest absolute Gasteiger partial charge is 0.335 e. The number of carbonyl (C=O) groups is 1. The van der Waals surface area contributed by atoms with E-state index in [4.69, 9.17) is 9.84 Å². The van der Waals surface area contributed by atoms with Gasteiger partial charge in [-0.2, -0.15) is 0 Å². The Morgan fingerprint density at radius 3 is 2.86 bits per heavy atom. The van der Waals surface area contributed by atoms with Crippen LogP contribution < -0.4 is 10.1 Å². The Hall–Kier alpha value is -2.56. The van der Waals surface area contributed by atoms with Crippen molar-refractivity contribution in [3.05, 3.63) is 59.4 Å². The number of anilines is 1. The summed E-state index contributed by atoms with van der Waals surface area (Å²) in [6.07, 6.45) is 0.721. The van der Waals surface area contributed by atoms with Crippen molar-refractivity contribution in [1.29, 1.82) is 0 Å². The molecule has 0 saturated heterocycles. The van der Waals surface area contributed by atoms with Crippen molar-refractivity contribution >= 4 is 11.7 Å². The van der Waals surface area contributed by atoms with Crippen LogP contribution in [-0.4, -0.2) is 23.7 Å². The van der Waals surface area contributed by atoms with Crippen LogP contribution >= 0.6 is 0 Å². The van der Waals surface area contributed by atoms with E-state index in [0.717, 1.165) is 23.8 Å². The Balaban J connectivity index is 1.63. The van der Waals surface area contributed by atoms with E-state index >= 15 is 0 Å². The number of carboxylic acid groups (broad SMARTS) is 1. The number of para-hydroxylation sites is 1. The predicted molar refractivity (Wildman–Crippen MR) is 76.4 cm³/mol. The number of hydrogen-bond acceptors (Lipinski definition) is 3. The third-order valence-electron chi connectivity index (χ3n) is 3.45. The van der Waals surface area contributed by atoms with Crippen LogP contribution in [0.4, 0.5) is 10.1 Å². The molecule has 1 atom stereocenters. The largest absolute Gasteiger partial charge is 0.488 e. The Morgan fingerprint density at radius 1 is 1.33 bits per heavy atom. The minimum Gasteiger partial charge on any atom is -0.488 e. The molecular weight excluding hydrogens is 273 g/mol. The SMILES string of the molecule is O=C(O)c1ccc(NCC2Cc3ccccc3O2)c(F)c1. The zero-order valence-electron chi connectivity index (χ0n) is 11.2. The van der Waals surface area contributed by atoms with E-state index in [2.05, 4.69) is 5.32 Å². The second kappa shape index (κ2) is 5.44. The minimum absolute atomic E-state index is 0.0547. The topological polar surface area (TPSA) is 58.6 Å². The highest BCUT2D eigenvalue weighted by molar-refractivity contribution is 5.88. The number of hydrogen-bond donors (Lipinski definition) is 2. The van der Waals surface area contributed by atoms with E-state index in [1.807, 2.05) is 24.3 Å². The molecule has 2 aromatic rings. The lowest BCUT2D eigenvalue weighted by Crippen LogP contribution is -2.24. The molecule has 1 unspecified atom stereocenters. The first-order chi connectivity index (χ1) is 10.1. The number of benzene rings is 2. The molecule has 0 fully saturated rings. The van der Waals surface area contributed by atoms with Crippen LogP contribution in [0.15, 0.2) is 42.5 Å². The van der Waals surface area contributed by atoms with Gasteiger partial charge in [0.1, 0.15) is 17.7 Å². The van der Waals surface area contributed by atoms with Gasteiger partial charge in [0.05, 0.1) is 17.8 Å². The lowest BCUT2D eigenvalue weighted by molar-refractivity contribution is 0.0696. The highest BCUT2D eigenvalue weighted by Gasteiger charge is 2.22. The van der Waals surface area contributed by atoms with E-state index in [0.29, 0.717) is 6.54 Å². The molecule has 2 N–H and O–H groups in total. The number of rotatable bonds is 4. The van der Waals surface area contributed by atoms with Gasteiger partial charge in [-0.3, -0.25) is 0 Å². The van der Waals surface area contributed by atoms with Crippen molar-refractivity contribution in [3.8, 4) is 5.75 Å². The molecule has 3 rings (SSSR count). The molecule has 5 heteroatoms. The summed E-state index contributed by atoms with van der Waals surface area (Å²) in [4.78, 5) is 10.8. The summed E-state index contributed by atoms with van der Waals surface area (Å²) in [6.45, 7) is 0.456. The van der Waals surface area contributed by atoms with Crippen molar-refractivity contribution in [2.45, 2.75) is 12.5 Å². The third kappa shape index (κ3) is 2.81. The minimum atomic E-state index is -1.14. The van der Waals surface area contributed by atoms with Crippen LogP contribution in [0.25, 0.3) is 0 Å². The van der Waals surface area contributed by atoms with Crippen LogP contribution in [0.2, 0.25) is 0 Å². The zero-order valence-corrected chi connectivity index (χ0v) is 11.2. The van der Waals surface area contributed by atoms with Crippen LogP contribution in [0, 0.1) is 5.82 Å². The molecule has 21 heavy (non-hydrogen) atoms. The molecular formula is C16H14FNO3. The molecule has 2 aromatic carbocycles. The monoisotopic (exact) mass is 287 g/mol. The number of fused-ring (bicyclic) bond motifs is 1. The van der Waals surface area contributed by atoms with Crippen LogP contribution in [0.3, 0.4) is 0 Å². The van der Waals surface area contributed by atoms with Gasteiger partial charge in [-0.15, -0.1) is 0 Å². The molecule has 1 heterocycles.